The summed E-state index contributed by atoms with van der Waals surface area (Å²) in [6.45, 7) is 0. The van der Waals surface area contributed by atoms with E-state index in [2.05, 4.69) is 222 Å². The highest BCUT2D eigenvalue weighted by Gasteiger charge is 2.22. The van der Waals surface area contributed by atoms with Crippen molar-refractivity contribution >= 4 is 82.4 Å². The molecule has 0 aliphatic carbocycles. The number of fused-ring (bicyclic) bond motifs is 9. The molecular formula is C56H36N2O. The van der Waals surface area contributed by atoms with Gasteiger partial charge < -0.3 is 13.9 Å². The van der Waals surface area contributed by atoms with Gasteiger partial charge in [-0.1, -0.05) is 158 Å². The monoisotopic (exact) mass is 752 g/mol. The Kier molecular flexibility index (Phi) is 7.54. The number of anilines is 3. The van der Waals surface area contributed by atoms with Crippen LogP contribution in [0.25, 0.3) is 93.2 Å². The number of benzene rings is 10. The third-order valence-electron chi connectivity index (χ3n) is 12.0. The molecule has 0 atom stereocenters. The number of para-hydroxylation sites is 2. The Balaban J connectivity index is 1.02. The molecule has 59 heavy (non-hydrogen) atoms. The van der Waals surface area contributed by atoms with Gasteiger partial charge in [0.1, 0.15) is 5.58 Å². The van der Waals surface area contributed by atoms with Crippen molar-refractivity contribution in [1.29, 1.82) is 0 Å². The van der Waals surface area contributed by atoms with E-state index in [9.17, 15) is 0 Å². The van der Waals surface area contributed by atoms with Gasteiger partial charge >= 0.3 is 0 Å². The molecule has 0 amide bonds. The largest absolute Gasteiger partial charge is 0.454 e. The highest BCUT2D eigenvalue weighted by molar-refractivity contribution is 6.23. The maximum atomic E-state index is 6.79. The number of furan rings is 1. The number of rotatable bonds is 6. The van der Waals surface area contributed by atoms with E-state index in [0.29, 0.717) is 0 Å². The Morgan fingerprint density at radius 1 is 0.356 bits per heavy atom. The van der Waals surface area contributed by atoms with Crippen LogP contribution in [-0.4, -0.2) is 4.57 Å². The molecule has 276 valence electrons. The molecule has 0 spiro atoms. The van der Waals surface area contributed by atoms with Gasteiger partial charge in [0.15, 0.2) is 5.58 Å². The summed E-state index contributed by atoms with van der Waals surface area (Å²) in [4.78, 5) is 2.34. The smallest absolute Gasteiger partial charge is 0.160 e. The normalized spacial score (nSPS) is 11.7. The number of aromatic nitrogens is 1. The molecule has 0 saturated heterocycles. The van der Waals surface area contributed by atoms with Crippen LogP contribution in [0.15, 0.2) is 223 Å². The molecule has 0 radical (unpaired) electrons. The second kappa shape index (κ2) is 13.4. The van der Waals surface area contributed by atoms with Crippen LogP contribution in [0.5, 0.6) is 0 Å². The lowest BCUT2D eigenvalue weighted by molar-refractivity contribution is 0.669. The minimum Gasteiger partial charge on any atom is -0.454 e. The van der Waals surface area contributed by atoms with E-state index in [1.165, 1.54) is 65.7 Å². The highest BCUT2D eigenvalue weighted by atomic mass is 16.3. The molecule has 12 aromatic rings. The van der Waals surface area contributed by atoms with Crippen molar-refractivity contribution in [3.8, 4) is 27.9 Å². The van der Waals surface area contributed by atoms with Crippen LogP contribution in [0.2, 0.25) is 0 Å². The zero-order chi connectivity index (χ0) is 38.9. The van der Waals surface area contributed by atoms with Crippen molar-refractivity contribution in [3.05, 3.63) is 218 Å². The Labute approximate surface area is 341 Å². The van der Waals surface area contributed by atoms with E-state index < -0.39 is 0 Å². The molecule has 2 aromatic heterocycles. The van der Waals surface area contributed by atoms with Crippen LogP contribution in [0.1, 0.15) is 0 Å². The van der Waals surface area contributed by atoms with E-state index in [1.807, 2.05) is 6.07 Å². The van der Waals surface area contributed by atoms with Crippen molar-refractivity contribution in [3.63, 3.8) is 0 Å². The van der Waals surface area contributed by atoms with Gasteiger partial charge in [0.25, 0.3) is 0 Å². The topological polar surface area (TPSA) is 21.3 Å². The number of hydrogen-bond donors (Lipinski definition) is 0. The van der Waals surface area contributed by atoms with Gasteiger partial charge in [-0.25, -0.2) is 0 Å². The Morgan fingerprint density at radius 3 is 1.69 bits per heavy atom. The maximum Gasteiger partial charge on any atom is 0.160 e. The Bertz CT molecular complexity index is 3540. The van der Waals surface area contributed by atoms with E-state index >= 15 is 0 Å². The zero-order valence-electron chi connectivity index (χ0n) is 32.1. The summed E-state index contributed by atoms with van der Waals surface area (Å²) in [5.74, 6) is 0. The standard InChI is InChI=1S/C56H36N2O/c1-2-13-37(14-3-1)38-25-30-43(31-26-38)57(53-36-42-16-5-7-19-46(42)55-48-21-9-11-24-54(48)59-56(53)55)44-32-27-39(28-33-44)41-29-34-52-49(35-41)47-20-8-10-22-51(47)58(52)50-23-12-17-40-15-4-6-18-45(40)50/h1-36H. The van der Waals surface area contributed by atoms with Crippen LogP contribution >= 0.6 is 0 Å². The van der Waals surface area contributed by atoms with Gasteiger partial charge in [0.2, 0.25) is 0 Å². The molecule has 0 unspecified atom stereocenters. The summed E-state index contributed by atoms with van der Waals surface area (Å²) in [6.07, 6.45) is 0. The second-order valence-electron chi connectivity index (χ2n) is 15.3. The summed E-state index contributed by atoms with van der Waals surface area (Å²) in [5.41, 5.74) is 13.1. The van der Waals surface area contributed by atoms with Gasteiger partial charge in [0.05, 0.1) is 22.4 Å². The molecule has 10 aromatic carbocycles. The number of hydrogen-bond acceptors (Lipinski definition) is 2. The van der Waals surface area contributed by atoms with Crippen LogP contribution in [-0.2, 0) is 0 Å². The Hall–Kier alpha value is -7.88. The van der Waals surface area contributed by atoms with Gasteiger partial charge in [-0.15, -0.1) is 0 Å². The lowest BCUT2D eigenvalue weighted by atomic mass is 10.00. The first-order valence-electron chi connectivity index (χ1n) is 20.2. The van der Waals surface area contributed by atoms with Crippen LogP contribution in [0, 0.1) is 0 Å². The fourth-order valence-corrected chi connectivity index (χ4v) is 9.20. The van der Waals surface area contributed by atoms with Crippen molar-refractivity contribution < 1.29 is 4.42 Å². The van der Waals surface area contributed by atoms with Gasteiger partial charge in [-0.3, -0.25) is 0 Å². The summed E-state index contributed by atoms with van der Waals surface area (Å²) in [7, 11) is 0. The van der Waals surface area contributed by atoms with Crippen molar-refractivity contribution in [1.82, 2.24) is 4.57 Å². The predicted octanol–water partition coefficient (Wildman–Crippen LogP) is 15.8. The third-order valence-corrected chi connectivity index (χ3v) is 12.0. The fraction of sp³-hybridized carbons (Fsp3) is 0. The molecule has 2 heterocycles. The molecule has 0 N–H and O–H groups in total. The Morgan fingerprint density at radius 2 is 0.915 bits per heavy atom. The number of nitrogens with zero attached hydrogens (tertiary/aromatic N) is 2. The first kappa shape index (κ1) is 33.3. The first-order chi connectivity index (χ1) is 29.3. The average Bonchev–Trinajstić information content (AvgIpc) is 3.86. The SMILES string of the molecule is c1ccc(-c2ccc(N(c3ccc(-c4ccc5c(c4)c4ccccc4n5-c4cccc5ccccc45)cc3)c3cc4ccccc4c4c3oc3ccccc34)cc2)cc1. The van der Waals surface area contributed by atoms with Gasteiger partial charge in [-0.05, 0) is 99.1 Å². The highest BCUT2D eigenvalue weighted by Crippen LogP contribution is 2.46. The summed E-state index contributed by atoms with van der Waals surface area (Å²) in [5, 5.41) is 9.55. The lowest BCUT2D eigenvalue weighted by Crippen LogP contribution is -2.10. The fourth-order valence-electron chi connectivity index (χ4n) is 9.20. The summed E-state index contributed by atoms with van der Waals surface area (Å²) in [6, 6.07) is 78.6. The molecule has 0 saturated carbocycles. The quantitative estimate of drug-likeness (QED) is 0.169. The van der Waals surface area contributed by atoms with Crippen LogP contribution in [0.4, 0.5) is 17.1 Å². The minimum absolute atomic E-state index is 0.870. The molecule has 0 bridgehead atoms. The van der Waals surface area contributed by atoms with Gasteiger partial charge in [-0.2, -0.15) is 0 Å². The molecular weight excluding hydrogens is 717 g/mol. The zero-order valence-corrected chi connectivity index (χ0v) is 32.1. The molecule has 12 rings (SSSR count). The first-order valence-corrected chi connectivity index (χ1v) is 20.2. The minimum atomic E-state index is 0.870. The molecule has 0 aliphatic rings. The molecule has 0 fully saturated rings. The van der Waals surface area contributed by atoms with Gasteiger partial charge in [0, 0.05) is 38.3 Å². The molecule has 3 nitrogen and oxygen atoms in total. The van der Waals surface area contributed by atoms with Crippen molar-refractivity contribution in [2.45, 2.75) is 0 Å². The van der Waals surface area contributed by atoms with E-state index in [0.717, 1.165) is 44.6 Å². The summed E-state index contributed by atoms with van der Waals surface area (Å²) >= 11 is 0. The second-order valence-corrected chi connectivity index (χ2v) is 15.3. The van der Waals surface area contributed by atoms with Crippen molar-refractivity contribution in [2.75, 3.05) is 4.90 Å². The van der Waals surface area contributed by atoms with Crippen LogP contribution < -0.4 is 4.90 Å². The van der Waals surface area contributed by atoms with E-state index in [1.54, 1.807) is 0 Å². The van der Waals surface area contributed by atoms with Crippen LogP contribution in [0.3, 0.4) is 0 Å². The van der Waals surface area contributed by atoms with E-state index in [4.69, 9.17) is 4.42 Å². The predicted molar refractivity (Wildman–Crippen MR) is 249 cm³/mol. The van der Waals surface area contributed by atoms with E-state index in [-0.39, 0.29) is 0 Å². The summed E-state index contributed by atoms with van der Waals surface area (Å²) < 4.78 is 9.21. The lowest BCUT2D eigenvalue weighted by Gasteiger charge is -2.26. The third kappa shape index (κ3) is 5.36. The average molecular weight is 753 g/mol. The van der Waals surface area contributed by atoms with Crippen molar-refractivity contribution in [2.24, 2.45) is 0 Å². The molecule has 0 aliphatic heterocycles. The molecule has 3 heteroatoms. The maximum absolute atomic E-state index is 6.79.